The van der Waals surface area contributed by atoms with Crippen LogP contribution >= 0.6 is 0 Å². The molecule has 36 heavy (non-hydrogen) atoms. The minimum atomic E-state index is -0.204. The fraction of sp³-hybridized carbons (Fsp3) is 0.759. The van der Waals surface area contributed by atoms with E-state index in [0.717, 1.165) is 32.1 Å². The van der Waals surface area contributed by atoms with Crippen molar-refractivity contribution in [3.05, 3.63) is 24.3 Å². The second-order valence-corrected chi connectivity index (χ2v) is 9.57. The standard InChI is InChI=1S/C29H50N2O5/c1-3-4-5-6-7-8-9-10-11-12-13-14-15-16-17-18-29(34)36-24-22-31(21-23-35-2)28(33)26-30-20-19-27(32)25-30/h7-8,10-11H,3-6,9,12-26H2,1-2H3/b8-7-,11-10-. The van der Waals surface area contributed by atoms with Crippen LogP contribution in [0.1, 0.15) is 90.4 Å². The van der Waals surface area contributed by atoms with Gasteiger partial charge in [0.05, 0.1) is 26.2 Å². The largest absolute Gasteiger partial charge is 0.464 e. The van der Waals surface area contributed by atoms with Gasteiger partial charge in [0.2, 0.25) is 5.91 Å². The number of ether oxygens (including phenoxy) is 2. The van der Waals surface area contributed by atoms with Crippen LogP contribution in [0.3, 0.4) is 0 Å². The van der Waals surface area contributed by atoms with Crippen LogP contribution in [-0.4, -0.2) is 80.5 Å². The third kappa shape index (κ3) is 17.4. The summed E-state index contributed by atoms with van der Waals surface area (Å²) in [5.41, 5.74) is 0. The van der Waals surface area contributed by atoms with E-state index in [1.54, 1.807) is 12.0 Å². The quantitative estimate of drug-likeness (QED) is 0.116. The van der Waals surface area contributed by atoms with Crippen LogP contribution in [0.2, 0.25) is 0 Å². The number of likely N-dealkylation sites (tertiary alicyclic amines) is 1. The van der Waals surface area contributed by atoms with Gasteiger partial charge >= 0.3 is 5.97 Å². The Kier molecular flexibility index (Phi) is 19.8. The lowest BCUT2D eigenvalue weighted by Crippen LogP contribution is -2.43. The van der Waals surface area contributed by atoms with Gasteiger partial charge in [-0.2, -0.15) is 0 Å². The molecule has 0 saturated carbocycles. The fourth-order valence-electron chi connectivity index (χ4n) is 4.10. The predicted octanol–water partition coefficient (Wildman–Crippen LogP) is 5.09. The summed E-state index contributed by atoms with van der Waals surface area (Å²) in [6.07, 6.45) is 22.7. The molecule has 0 unspecified atom stereocenters. The summed E-state index contributed by atoms with van der Waals surface area (Å²) < 4.78 is 10.5. The Labute approximate surface area is 219 Å². The minimum Gasteiger partial charge on any atom is -0.464 e. The molecule has 0 atom stereocenters. The molecule has 0 aromatic carbocycles. The van der Waals surface area contributed by atoms with Crippen molar-refractivity contribution in [3.8, 4) is 0 Å². The van der Waals surface area contributed by atoms with E-state index in [-0.39, 0.29) is 30.8 Å². The molecular weight excluding hydrogens is 456 g/mol. The number of unbranched alkanes of at least 4 members (excludes halogenated alkanes) is 8. The van der Waals surface area contributed by atoms with E-state index in [1.165, 1.54) is 38.5 Å². The van der Waals surface area contributed by atoms with Crippen molar-refractivity contribution < 1.29 is 23.9 Å². The Morgan fingerprint density at radius 3 is 2.25 bits per heavy atom. The maximum absolute atomic E-state index is 12.6. The van der Waals surface area contributed by atoms with Crippen LogP contribution in [0.15, 0.2) is 24.3 Å². The molecule has 1 fully saturated rings. The molecule has 0 radical (unpaired) electrons. The summed E-state index contributed by atoms with van der Waals surface area (Å²) >= 11 is 0. The van der Waals surface area contributed by atoms with Crippen LogP contribution in [0.5, 0.6) is 0 Å². The lowest BCUT2D eigenvalue weighted by Gasteiger charge is -2.24. The van der Waals surface area contributed by atoms with E-state index in [2.05, 4.69) is 31.2 Å². The maximum atomic E-state index is 12.6. The summed E-state index contributed by atoms with van der Waals surface area (Å²) in [5.74, 6) is -0.0926. The molecule has 1 saturated heterocycles. The van der Waals surface area contributed by atoms with Crippen LogP contribution in [0.4, 0.5) is 0 Å². The van der Waals surface area contributed by atoms with Crippen molar-refractivity contribution in [3.63, 3.8) is 0 Å². The molecule has 1 heterocycles. The number of rotatable bonds is 22. The Balaban J connectivity index is 2.04. The van der Waals surface area contributed by atoms with E-state index in [9.17, 15) is 14.4 Å². The van der Waals surface area contributed by atoms with Gasteiger partial charge in [-0.1, -0.05) is 63.3 Å². The SMILES string of the molecule is CCCCC/C=C\C/C=C\CCCCCCCC(=O)OCCN(CCOC)C(=O)CN1CCC(=O)C1. The first-order chi connectivity index (χ1) is 17.6. The predicted molar refractivity (Wildman–Crippen MR) is 145 cm³/mol. The van der Waals surface area contributed by atoms with Crippen LogP contribution in [-0.2, 0) is 23.9 Å². The highest BCUT2D eigenvalue weighted by molar-refractivity contribution is 5.84. The molecular formula is C29H50N2O5. The van der Waals surface area contributed by atoms with Crippen LogP contribution in [0.25, 0.3) is 0 Å². The van der Waals surface area contributed by atoms with Gasteiger partial charge < -0.3 is 14.4 Å². The Hall–Kier alpha value is -1.99. The first-order valence-corrected chi connectivity index (χ1v) is 14.0. The van der Waals surface area contributed by atoms with Gasteiger partial charge in [0.1, 0.15) is 12.4 Å². The van der Waals surface area contributed by atoms with Crippen molar-refractivity contribution in [1.82, 2.24) is 9.80 Å². The number of carbonyl (C=O) groups is 3. The number of methoxy groups -OCH3 is 1. The van der Waals surface area contributed by atoms with E-state index >= 15 is 0 Å². The van der Waals surface area contributed by atoms with E-state index in [0.29, 0.717) is 45.6 Å². The zero-order chi connectivity index (χ0) is 26.3. The summed E-state index contributed by atoms with van der Waals surface area (Å²) in [4.78, 5) is 39.6. The minimum absolute atomic E-state index is 0.0634. The van der Waals surface area contributed by atoms with Gasteiger partial charge in [0, 0.05) is 33.0 Å². The van der Waals surface area contributed by atoms with Gasteiger partial charge in [-0.15, -0.1) is 0 Å². The number of Topliss-reactive ketones (excluding diaryl/α,β-unsaturated/α-hetero) is 1. The maximum Gasteiger partial charge on any atom is 0.305 e. The van der Waals surface area contributed by atoms with Crippen molar-refractivity contribution in [2.75, 3.05) is 53.0 Å². The number of hydrogen-bond acceptors (Lipinski definition) is 6. The first kappa shape index (κ1) is 32.0. The third-order valence-electron chi connectivity index (χ3n) is 6.34. The van der Waals surface area contributed by atoms with Gasteiger partial charge in [-0.3, -0.25) is 19.3 Å². The molecule has 0 aromatic rings. The molecule has 0 aliphatic carbocycles. The number of allylic oxidation sites excluding steroid dienone is 4. The number of amides is 1. The van der Waals surface area contributed by atoms with E-state index in [1.807, 2.05) is 4.90 Å². The molecule has 1 amide bonds. The number of ketones is 1. The molecule has 0 N–H and O–H groups in total. The molecule has 7 nitrogen and oxygen atoms in total. The molecule has 0 aromatic heterocycles. The molecule has 1 aliphatic heterocycles. The molecule has 1 aliphatic rings. The van der Waals surface area contributed by atoms with Crippen molar-refractivity contribution in [2.45, 2.75) is 90.4 Å². The highest BCUT2D eigenvalue weighted by Gasteiger charge is 2.24. The zero-order valence-corrected chi connectivity index (χ0v) is 22.9. The molecule has 0 bridgehead atoms. The zero-order valence-electron chi connectivity index (χ0n) is 22.9. The molecule has 206 valence electrons. The Bertz CT molecular complexity index is 662. The Morgan fingerprint density at radius 1 is 0.917 bits per heavy atom. The molecule has 0 spiro atoms. The lowest BCUT2D eigenvalue weighted by molar-refractivity contribution is -0.146. The topological polar surface area (TPSA) is 76.2 Å². The smallest absolute Gasteiger partial charge is 0.305 e. The summed E-state index contributed by atoms with van der Waals surface area (Å²) in [5, 5.41) is 0. The van der Waals surface area contributed by atoms with Gasteiger partial charge in [0.15, 0.2) is 0 Å². The highest BCUT2D eigenvalue weighted by atomic mass is 16.5. The van der Waals surface area contributed by atoms with Gasteiger partial charge in [-0.05, 0) is 38.5 Å². The molecule has 1 rings (SSSR count). The monoisotopic (exact) mass is 506 g/mol. The number of carbonyl (C=O) groups excluding carboxylic acids is 3. The second-order valence-electron chi connectivity index (χ2n) is 9.57. The van der Waals surface area contributed by atoms with Crippen LogP contribution < -0.4 is 0 Å². The summed E-state index contributed by atoms with van der Waals surface area (Å²) in [6, 6.07) is 0. The average Bonchev–Trinajstić information content (AvgIpc) is 3.27. The first-order valence-electron chi connectivity index (χ1n) is 14.0. The van der Waals surface area contributed by atoms with Gasteiger partial charge in [-0.25, -0.2) is 0 Å². The van der Waals surface area contributed by atoms with Gasteiger partial charge in [0.25, 0.3) is 0 Å². The average molecular weight is 507 g/mol. The van der Waals surface area contributed by atoms with Crippen LogP contribution in [0, 0.1) is 0 Å². The molecule has 7 heteroatoms. The number of nitrogens with zero attached hydrogens (tertiary/aromatic N) is 2. The highest BCUT2D eigenvalue weighted by Crippen LogP contribution is 2.09. The normalized spacial score (nSPS) is 14.3. The van der Waals surface area contributed by atoms with Crippen molar-refractivity contribution in [2.24, 2.45) is 0 Å². The number of hydrogen-bond donors (Lipinski definition) is 0. The second kappa shape index (κ2) is 22.2. The summed E-state index contributed by atoms with van der Waals surface area (Å²) in [6.45, 7) is 4.82. The summed E-state index contributed by atoms with van der Waals surface area (Å²) in [7, 11) is 1.59. The lowest BCUT2D eigenvalue weighted by atomic mass is 10.1. The van der Waals surface area contributed by atoms with E-state index < -0.39 is 0 Å². The van der Waals surface area contributed by atoms with Crippen molar-refractivity contribution in [1.29, 1.82) is 0 Å². The fourth-order valence-corrected chi connectivity index (χ4v) is 4.10. The Morgan fingerprint density at radius 2 is 1.58 bits per heavy atom. The third-order valence-corrected chi connectivity index (χ3v) is 6.34. The van der Waals surface area contributed by atoms with E-state index in [4.69, 9.17) is 9.47 Å². The van der Waals surface area contributed by atoms with Crippen molar-refractivity contribution >= 4 is 17.7 Å². The number of esters is 1.